The average molecular weight is 362 g/mol. The molecule has 1 saturated heterocycles. The van der Waals surface area contributed by atoms with E-state index in [2.05, 4.69) is 20.8 Å². The van der Waals surface area contributed by atoms with Crippen molar-refractivity contribution in [3.05, 3.63) is 28.7 Å². The Morgan fingerprint density at radius 2 is 1.80 bits per heavy atom. The molecule has 0 spiro atoms. The van der Waals surface area contributed by atoms with Crippen molar-refractivity contribution in [1.82, 2.24) is 4.90 Å². The molecule has 0 atom stereocenters. The Morgan fingerprint density at radius 3 is 2.35 bits per heavy atom. The molecule has 4 nitrogen and oxygen atoms in total. The van der Waals surface area contributed by atoms with Gasteiger partial charge in [-0.3, -0.25) is 0 Å². The monoisotopic (exact) mass is 361 g/mol. The third kappa shape index (κ3) is 4.28. The van der Waals surface area contributed by atoms with Crippen LogP contribution in [-0.2, 0) is 9.84 Å². The molecule has 1 aliphatic heterocycles. The van der Waals surface area contributed by atoms with Gasteiger partial charge in [-0.05, 0) is 44.0 Å². The van der Waals surface area contributed by atoms with Crippen molar-refractivity contribution in [3.63, 3.8) is 0 Å². The summed E-state index contributed by atoms with van der Waals surface area (Å²) in [4.78, 5) is 2.47. The molecule has 1 heterocycles. The highest BCUT2D eigenvalue weighted by Gasteiger charge is 2.27. The van der Waals surface area contributed by atoms with Crippen molar-refractivity contribution < 1.29 is 13.5 Å². The third-order valence-electron chi connectivity index (χ3n) is 3.78. The molecule has 0 aromatic heterocycles. The molecule has 1 N–H and O–H groups in total. The van der Waals surface area contributed by atoms with E-state index in [1.165, 1.54) is 0 Å². The summed E-state index contributed by atoms with van der Waals surface area (Å²) in [6.45, 7) is 3.86. The first-order valence-electron chi connectivity index (χ1n) is 6.72. The van der Waals surface area contributed by atoms with Gasteiger partial charge in [-0.25, -0.2) is 8.42 Å². The smallest absolute Gasteiger partial charge is 0.179 e. The molecule has 0 amide bonds. The Hall–Kier alpha value is -0.430. The van der Waals surface area contributed by atoms with Crippen LogP contribution in [0.15, 0.2) is 33.6 Å². The number of likely N-dealkylation sites (tertiary alicyclic amines) is 1. The molecular weight excluding hydrogens is 342 g/mol. The van der Waals surface area contributed by atoms with Crippen LogP contribution < -0.4 is 0 Å². The molecule has 0 radical (unpaired) electrons. The fourth-order valence-corrected chi connectivity index (χ4v) is 3.82. The van der Waals surface area contributed by atoms with Gasteiger partial charge in [0.2, 0.25) is 0 Å². The van der Waals surface area contributed by atoms with Crippen molar-refractivity contribution >= 4 is 25.8 Å². The Labute approximate surface area is 128 Å². The van der Waals surface area contributed by atoms with Gasteiger partial charge in [0, 0.05) is 24.1 Å². The Morgan fingerprint density at radius 1 is 1.25 bits per heavy atom. The van der Waals surface area contributed by atoms with E-state index in [1.54, 1.807) is 24.3 Å². The minimum Gasteiger partial charge on any atom is -0.390 e. The molecule has 1 aliphatic rings. The first-order chi connectivity index (χ1) is 9.28. The first kappa shape index (κ1) is 15.9. The average Bonchev–Trinajstić information content (AvgIpc) is 2.38. The number of aliphatic hydroxyl groups is 1. The third-order valence-corrected chi connectivity index (χ3v) is 6.02. The van der Waals surface area contributed by atoms with E-state index in [0.29, 0.717) is 24.3 Å². The zero-order chi connectivity index (χ0) is 14.8. The van der Waals surface area contributed by atoms with E-state index in [4.69, 9.17) is 0 Å². The van der Waals surface area contributed by atoms with E-state index in [1.807, 2.05) is 6.92 Å². The van der Waals surface area contributed by atoms with Crippen molar-refractivity contribution in [2.45, 2.75) is 30.3 Å². The summed E-state index contributed by atoms with van der Waals surface area (Å²) in [5, 5.41) is 9.87. The summed E-state index contributed by atoms with van der Waals surface area (Å²) in [6.07, 6.45) is 1.40. The van der Waals surface area contributed by atoms with Crippen LogP contribution in [0.1, 0.15) is 19.8 Å². The molecule has 6 heteroatoms. The topological polar surface area (TPSA) is 57.6 Å². The van der Waals surface area contributed by atoms with Gasteiger partial charge in [-0.15, -0.1) is 0 Å². The normalized spacial score (nSPS) is 19.9. The van der Waals surface area contributed by atoms with Crippen molar-refractivity contribution in [2.24, 2.45) is 0 Å². The lowest BCUT2D eigenvalue weighted by molar-refractivity contribution is -0.00372. The second-order valence-corrected chi connectivity index (χ2v) is 8.64. The number of nitrogens with zero attached hydrogens (tertiary/aromatic N) is 1. The number of sulfone groups is 1. The van der Waals surface area contributed by atoms with E-state index < -0.39 is 15.4 Å². The largest absolute Gasteiger partial charge is 0.390 e. The predicted molar refractivity (Wildman–Crippen MR) is 82.5 cm³/mol. The van der Waals surface area contributed by atoms with Gasteiger partial charge in [0.05, 0.1) is 16.2 Å². The summed E-state index contributed by atoms with van der Waals surface area (Å²) in [5.74, 6) is 0.122. The molecular formula is C14H20BrNO3S. The second-order valence-electron chi connectivity index (χ2n) is 5.61. The molecule has 1 fully saturated rings. The van der Waals surface area contributed by atoms with Gasteiger partial charge in [0.25, 0.3) is 0 Å². The van der Waals surface area contributed by atoms with Gasteiger partial charge in [0.1, 0.15) is 0 Å². The van der Waals surface area contributed by atoms with Gasteiger partial charge >= 0.3 is 0 Å². The van der Waals surface area contributed by atoms with Crippen LogP contribution in [0.25, 0.3) is 0 Å². The second kappa shape index (κ2) is 6.13. The highest BCUT2D eigenvalue weighted by atomic mass is 79.9. The molecule has 1 aromatic rings. The molecule has 20 heavy (non-hydrogen) atoms. The van der Waals surface area contributed by atoms with E-state index in [0.717, 1.165) is 17.6 Å². The lowest BCUT2D eigenvalue weighted by atomic mass is 9.94. The zero-order valence-corrected chi connectivity index (χ0v) is 14.0. The SMILES string of the molecule is CC1(O)CCN(CCS(=O)(=O)c2ccc(Br)cc2)CC1. The van der Waals surface area contributed by atoms with Crippen LogP contribution >= 0.6 is 15.9 Å². The molecule has 0 unspecified atom stereocenters. The lowest BCUT2D eigenvalue weighted by Crippen LogP contribution is -2.43. The van der Waals surface area contributed by atoms with Crippen LogP contribution in [-0.4, -0.2) is 49.4 Å². The van der Waals surface area contributed by atoms with E-state index in [-0.39, 0.29) is 5.75 Å². The highest BCUT2D eigenvalue weighted by Crippen LogP contribution is 2.21. The quantitative estimate of drug-likeness (QED) is 0.891. The zero-order valence-electron chi connectivity index (χ0n) is 11.5. The Bertz CT molecular complexity index is 544. The molecule has 0 aliphatic carbocycles. The molecule has 0 saturated carbocycles. The maximum Gasteiger partial charge on any atom is 0.179 e. The number of piperidine rings is 1. The van der Waals surface area contributed by atoms with Gasteiger partial charge < -0.3 is 10.0 Å². The van der Waals surface area contributed by atoms with Crippen molar-refractivity contribution in [2.75, 3.05) is 25.4 Å². The Balaban J connectivity index is 1.92. The van der Waals surface area contributed by atoms with Crippen molar-refractivity contribution in [3.8, 4) is 0 Å². The van der Waals surface area contributed by atoms with Gasteiger partial charge in [-0.1, -0.05) is 15.9 Å². The molecule has 0 bridgehead atoms. The fraction of sp³-hybridized carbons (Fsp3) is 0.571. The summed E-state index contributed by atoms with van der Waals surface area (Å²) in [7, 11) is -3.23. The molecule has 112 valence electrons. The van der Waals surface area contributed by atoms with Gasteiger partial charge in [-0.2, -0.15) is 0 Å². The first-order valence-corrected chi connectivity index (χ1v) is 9.16. The van der Waals surface area contributed by atoms with Crippen LogP contribution in [0, 0.1) is 0 Å². The Kier molecular flexibility index (Phi) is 4.89. The van der Waals surface area contributed by atoms with E-state index in [9.17, 15) is 13.5 Å². The van der Waals surface area contributed by atoms with Crippen LogP contribution in [0.4, 0.5) is 0 Å². The molecule has 2 rings (SSSR count). The predicted octanol–water partition coefficient (Wildman–Crippen LogP) is 2.07. The number of rotatable bonds is 4. The van der Waals surface area contributed by atoms with E-state index >= 15 is 0 Å². The van der Waals surface area contributed by atoms with Crippen LogP contribution in [0.5, 0.6) is 0 Å². The van der Waals surface area contributed by atoms with Crippen molar-refractivity contribution in [1.29, 1.82) is 0 Å². The number of halogens is 1. The molecule has 1 aromatic carbocycles. The minimum atomic E-state index is -3.23. The lowest BCUT2D eigenvalue weighted by Gasteiger charge is -2.35. The summed E-state index contributed by atoms with van der Waals surface area (Å²) >= 11 is 3.30. The summed E-state index contributed by atoms with van der Waals surface area (Å²) in [6, 6.07) is 6.73. The van der Waals surface area contributed by atoms with Crippen LogP contribution in [0.2, 0.25) is 0 Å². The number of benzene rings is 1. The summed E-state index contributed by atoms with van der Waals surface area (Å²) in [5.41, 5.74) is -0.596. The maximum atomic E-state index is 12.2. The van der Waals surface area contributed by atoms with Gasteiger partial charge in [0.15, 0.2) is 9.84 Å². The summed E-state index contributed by atoms with van der Waals surface area (Å²) < 4.78 is 25.3. The number of hydrogen-bond acceptors (Lipinski definition) is 4. The standard InChI is InChI=1S/C14H20BrNO3S/c1-14(17)6-8-16(9-7-14)10-11-20(18,19)13-4-2-12(15)3-5-13/h2-5,17H,6-11H2,1H3. The van der Waals surface area contributed by atoms with Crippen LogP contribution in [0.3, 0.4) is 0 Å². The maximum absolute atomic E-state index is 12.2. The fourth-order valence-electron chi connectivity index (χ4n) is 2.27. The highest BCUT2D eigenvalue weighted by molar-refractivity contribution is 9.10. The minimum absolute atomic E-state index is 0.122. The number of hydrogen-bond donors (Lipinski definition) is 1.